The average molecular weight is 244 g/mol. The fourth-order valence-corrected chi connectivity index (χ4v) is 3.89. The van der Waals surface area contributed by atoms with E-state index in [1.807, 2.05) is 13.8 Å². The molecule has 0 spiro atoms. The summed E-state index contributed by atoms with van der Waals surface area (Å²) >= 11 is 0. The van der Waals surface area contributed by atoms with E-state index in [1.165, 1.54) is 19.3 Å². The van der Waals surface area contributed by atoms with Crippen LogP contribution in [0.25, 0.3) is 0 Å². The number of hydrogen-bond donors (Lipinski definition) is 2. The van der Waals surface area contributed by atoms with E-state index >= 15 is 0 Å². The van der Waals surface area contributed by atoms with Crippen molar-refractivity contribution >= 4 is 0 Å². The minimum atomic E-state index is -0.0718. The molecule has 0 heterocycles. The first kappa shape index (κ1) is 16.9. The van der Waals surface area contributed by atoms with E-state index in [2.05, 4.69) is 6.92 Å². The second kappa shape index (κ2) is 7.38. The minimum Gasteiger partial charge on any atom is -0.396 e. The van der Waals surface area contributed by atoms with Crippen LogP contribution >= 0.6 is 0 Å². The van der Waals surface area contributed by atoms with Gasteiger partial charge in [0.1, 0.15) is 0 Å². The second-order valence-corrected chi connectivity index (χ2v) is 5.36. The third-order valence-electron chi connectivity index (χ3n) is 4.76. The molecule has 0 amide bonds. The predicted molar refractivity (Wildman–Crippen MR) is 74.0 cm³/mol. The highest BCUT2D eigenvalue weighted by molar-refractivity contribution is 5.00. The van der Waals surface area contributed by atoms with Gasteiger partial charge in [-0.3, -0.25) is 0 Å². The van der Waals surface area contributed by atoms with Crippen molar-refractivity contribution in [2.75, 3.05) is 6.61 Å². The van der Waals surface area contributed by atoms with Crippen LogP contribution in [0, 0.1) is 17.3 Å². The highest BCUT2D eigenvalue weighted by atomic mass is 16.3. The van der Waals surface area contributed by atoms with Crippen molar-refractivity contribution < 1.29 is 10.2 Å². The van der Waals surface area contributed by atoms with Gasteiger partial charge in [0, 0.05) is 6.61 Å². The van der Waals surface area contributed by atoms with E-state index in [0.29, 0.717) is 23.9 Å². The van der Waals surface area contributed by atoms with Crippen LogP contribution in [0.2, 0.25) is 0 Å². The Morgan fingerprint density at radius 1 is 1.18 bits per heavy atom. The Balaban J connectivity index is 0.000000811. The van der Waals surface area contributed by atoms with Gasteiger partial charge in [0.25, 0.3) is 0 Å². The molecule has 2 saturated carbocycles. The third kappa shape index (κ3) is 3.23. The summed E-state index contributed by atoms with van der Waals surface area (Å²) in [5, 5.41) is 19.0. The molecule has 2 aliphatic rings. The molecule has 4 atom stereocenters. The fourth-order valence-electron chi connectivity index (χ4n) is 3.89. The number of aliphatic hydroxyl groups excluding tert-OH is 2. The molecular weight excluding hydrogens is 212 g/mol. The van der Waals surface area contributed by atoms with Gasteiger partial charge < -0.3 is 10.2 Å². The Morgan fingerprint density at radius 3 is 2.41 bits per heavy atom. The van der Waals surface area contributed by atoms with E-state index in [9.17, 15) is 5.11 Å². The molecule has 2 fully saturated rings. The van der Waals surface area contributed by atoms with E-state index in [-0.39, 0.29) is 13.5 Å². The summed E-state index contributed by atoms with van der Waals surface area (Å²) in [6, 6.07) is 0. The molecule has 2 N–H and O–H groups in total. The molecular formula is C15H32O2. The van der Waals surface area contributed by atoms with E-state index < -0.39 is 0 Å². The van der Waals surface area contributed by atoms with Gasteiger partial charge in [-0.1, -0.05) is 34.6 Å². The molecule has 2 nitrogen and oxygen atoms in total. The lowest BCUT2D eigenvalue weighted by atomic mass is 9.64. The Hall–Kier alpha value is -0.0800. The van der Waals surface area contributed by atoms with Gasteiger partial charge in [-0.2, -0.15) is 0 Å². The smallest absolute Gasteiger partial charge is 0.0573 e. The fraction of sp³-hybridized carbons (Fsp3) is 1.00. The highest BCUT2D eigenvalue weighted by Crippen LogP contribution is 2.56. The molecule has 17 heavy (non-hydrogen) atoms. The normalized spacial score (nSPS) is 39.7. The van der Waals surface area contributed by atoms with E-state index in [0.717, 1.165) is 19.3 Å². The van der Waals surface area contributed by atoms with Gasteiger partial charge in [0.2, 0.25) is 0 Å². The van der Waals surface area contributed by atoms with Crippen molar-refractivity contribution in [3.05, 3.63) is 0 Å². The molecule has 2 heteroatoms. The summed E-state index contributed by atoms with van der Waals surface area (Å²) in [6.07, 6.45) is 6.64. The molecule has 0 bridgehead atoms. The van der Waals surface area contributed by atoms with E-state index in [1.54, 1.807) is 0 Å². The zero-order valence-electron chi connectivity index (χ0n) is 11.1. The summed E-state index contributed by atoms with van der Waals surface area (Å²) in [5.41, 5.74) is 0.320. The molecule has 2 aliphatic carbocycles. The molecule has 0 aromatic heterocycles. The van der Waals surface area contributed by atoms with Gasteiger partial charge >= 0.3 is 0 Å². The van der Waals surface area contributed by atoms with Crippen LogP contribution in [0.3, 0.4) is 0 Å². The third-order valence-corrected chi connectivity index (χ3v) is 4.76. The van der Waals surface area contributed by atoms with Crippen molar-refractivity contribution in [2.24, 2.45) is 17.3 Å². The highest BCUT2D eigenvalue weighted by Gasteiger charge is 2.50. The van der Waals surface area contributed by atoms with Crippen molar-refractivity contribution in [1.29, 1.82) is 0 Å². The number of hydrogen-bond acceptors (Lipinski definition) is 2. The predicted octanol–water partition coefficient (Wildman–Crippen LogP) is 3.61. The van der Waals surface area contributed by atoms with Crippen LogP contribution in [-0.4, -0.2) is 22.9 Å². The van der Waals surface area contributed by atoms with E-state index in [4.69, 9.17) is 5.11 Å². The van der Waals surface area contributed by atoms with Crippen LogP contribution in [0.1, 0.15) is 66.7 Å². The zero-order valence-corrected chi connectivity index (χ0v) is 11.1. The summed E-state index contributed by atoms with van der Waals surface area (Å²) < 4.78 is 0. The lowest BCUT2D eigenvalue weighted by molar-refractivity contribution is -0.0207. The van der Waals surface area contributed by atoms with Crippen LogP contribution in [0.4, 0.5) is 0 Å². The molecule has 0 aromatic rings. The maximum absolute atomic E-state index is 9.97. The zero-order chi connectivity index (χ0) is 12.2. The Morgan fingerprint density at radius 2 is 1.82 bits per heavy atom. The van der Waals surface area contributed by atoms with Gasteiger partial charge in [-0.15, -0.1) is 0 Å². The standard InChI is InChI=1S/C12H22O2.C2H6.CH4/c1-12-7-2-3-11(14)10(12)5-4-9(12)6-8-13;1-2;/h9-11,13-14H,2-8H2,1H3;1-2H3;1H4. The van der Waals surface area contributed by atoms with Crippen molar-refractivity contribution in [3.63, 3.8) is 0 Å². The first-order chi connectivity index (χ1) is 7.68. The van der Waals surface area contributed by atoms with Crippen LogP contribution in [0.5, 0.6) is 0 Å². The number of fused-ring (bicyclic) bond motifs is 1. The lowest BCUT2D eigenvalue weighted by Gasteiger charge is -2.43. The minimum absolute atomic E-state index is 0. The Bertz CT molecular complexity index is 205. The maximum Gasteiger partial charge on any atom is 0.0573 e. The van der Waals surface area contributed by atoms with Crippen molar-refractivity contribution in [2.45, 2.75) is 72.8 Å². The SMILES string of the molecule is C.CC.CC12CCCC(O)C1CCC2CCO. The summed E-state index contributed by atoms with van der Waals surface area (Å²) in [5.74, 6) is 1.15. The van der Waals surface area contributed by atoms with Gasteiger partial charge in [0.05, 0.1) is 6.10 Å². The van der Waals surface area contributed by atoms with Gasteiger partial charge in [0.15, 0.2) is 0 Å². The van der Waals surface area contributed by atoms with Gasteiger partial charge in [-0.05, 0) is 49.4 Å². The second-order valence-electron chi connectivity index (χ2n) is 5.36. The van der Waals surface area contributed by atoms with Crippen molar-refractivity contribution in [3.8, 4) is 0 Å². The summed E-state index contributed by atoms with van der Waals surface area (Å²) in [4.78, 5) is 0. The number of aliphatic hydroxyl groups is 2. The monoisotopic (exact) mass is 244 g/mol. The molecule has 4 unspecified atom stereocenters. The molecule has 2 rings (SSSR count). The van der Waals surface area contributed by atoms with Crippen LogP contribution < -0.4 is 0 Å². The summed E-state index contributed by atoms with van der Waals surface area (Å²) in [7, 11) is 0. The van der Waals surface area contributed by atoms with Gasteiger partial charge in [-0.25, -0.2) is 0 Å². The Kier molecular flexibility index (Phi) is 7.34. The Labute approximate surface area is 107 Å². The van der Waals surface area contributed by atoms with Crippen LogP contribution in [0.15, 0.2) is 0 Å². The summed E-state index contributed by atoms with van der Waals surface area (Å²) in [6.45, 7) is 6.64. The first-order valence-electron chi connectivity index (χ1n) is 6.97. The molecule has 0 aliphatic heterocycles. The molecule has 0 saturated heterocycles. The first-order valence-corrected chi connectivity index (χ1v) is 6.97. The molecule has 0 aromatic carbocycles. The van der Waals surface area contributed by atoms with Crippen LogP contribution in [-0.2, 0) is 0 Å². The molecule has 104 valence electrons. The largest absolute Gasteiger partial charge is 0.396 e. The lowest BCUT2D eigenvalue weighted by Crippen LogP contribution is -2.39. The average Bonchev–Trinajstić information content (AvgIpc) is 2.61. The molecule has 0 radical (unpaired) electrons. The topological polar surface area (TPSA) is 40.5 Å². The number of rotatable bonds is 2. The maximum atomic E-state index is 9.97. The quantitative estimate of drug-likeness (QED) is 0.779. The van der Waals surface area contributed by atoms with Crippen molar-refractivity contribution in [1.82, 2.24) is 0 Å².